The summed E-state index contributed by atoms with van der Waals surface area (Å²) in [6.07, 6.45) is 0. The van der Waals surface area contributed by atoms with E-state index < -0.39 is 11.9 Å². The van der Waals surface area contributed by atoms with Crippen LogP contribution in [0.25, 0.3) is 27.4 Å². The highest BCUT2D eigenvalue weighted by atomic mass is 32.1. The van der Waals surface area contributed by atoms with Crippen LogP contribution in [0.4, 0.5) is 0 Å². The van der Waals surface area contributed by atoms with Crippen molar-refractivity contribution >= 4 is 23.5 Å². The molecule has 4 rings (SSSR count). The van der Waals surface area contributed by atoms with E-state index in [4.69, 9.17) is 9.47 Å². The standard InChI is InChI=1S/C23H19N3O4S/c1-14-12-18(31-25-14)15-8-7-9-16(13-15)20-19(22(27)29-2)21(23(28)30-3)26(24-20)17-10-5-4-6-11-17/h4-13H,1-3H3. The molecule has 0 bridgehead atoms. The summed E-state index contributed by atoms with van der Waals surface area (Å²) in [7, 11) is 2.53. The van der Waals surface area contributed by atoms with Crippen molar-refractivity contribution in [1.82, 2.24) is 14.2 Å². The molecule has 0 saturated carbocycles. The summed E-state index contributed by atoms with van der Waals surface area (Å²) in [4.78, 5) is 26.4. The SMILES string of the molecule is COC(=O)c1c(-c2cccc(-c3cc(C)ns3)c2)nn(-c2ccccc2)c1C(=O)OC. The van der Waals surface area contributed by atoms with E-state index in [1.165, 1.54) is 30.4 Å². The average molecular weight is 433 g/mol. The quantitative estimate of drug-likeness (QED) is 0.430. The Morgan fingerprint density at radius 1 is 0.903 bits per heavy atom. The van der Waals surface area contributed by atoms with Gasteiger partial charge in [-0.15, -0.1) is 0 Å². The minimum absolute atomic E-state index is 0.00888. The van der Waals surface area contributed by atoms with Gasteiger partial charge >= 0.3 is 11.9 Å². The Balaban J connectivity index is 1.97. The van der Waals surface area contributed by atoms with E-state index in [0.717, 1.165) is 16.1 Å². The molecule has 0 unspecified atom stereocenters. The number of methoxy groups -OCH3 is 2. The number of ether oxygens (including phenoxy) is 2. The first-order valence-electron chi connectivity index (χ1n) is 9.42. The minimum atomic E-state index is -0.683. The largest absolute Gasteiger partial charge is 0.465 e. The maximum absolute atomic E-state index is 12.8. The topological polar surface area (TPSA) is 83.3 Å². The predicted octanol–water partition coefficient (Wildman–Crippen LogP) is 4.54. The second kappa shape index (κ2) is 8.53. The minimum Gasteiger partial charge on any atom is -0.465 e. The van der Waals surface area contributed by atoms with Gasteiger partial charge in [0.15, 0.2) is 5.69 Å². The predicted molar refractivity (Wildman–Crippen MR) is 118 cm³/mol. The normalized spacial score (nSPS) is 10.7. The molecule has 31 heavy (non-hydrogen) atoms. The molecule has 0 atom stereocenters. The Hall–Kier alpha value is -3.78. The van der Waals surface area contributed by atoms with Gasteiger partial charge in [0, 0.05) is 5.56 Å². The van der Waals surface area contributed by atoms with Gasteiger partial charge in [0.2, 0.25) is 0 Å². The van der Waals surface area contributed by atoms with Gasteiger partial charge in [-0.05, 0) is 48.3 Å². The number of hydrogen-bond acceptors (Lipinski definition) is 7. The summed E-state index contributed by atoms with van der Waals surface area (Å²) in [5, 5.41) is 4.63. The number of rotatable bonds is 5. The molecule has 0 aliphatic heterocycles. The number of benzene rings is 2. The summed E-state index contributed by atoms with van der Waals surface area (Å²) in [5.74, 6) is -1.35. The summed E-state index contributed by atoms with van der Waals surface area (Å²) in [6, 6.07) is 18.7. The number of para-hydroxylation sites is 1. The maximum atomic E-state index is 12.8. The van der Waals surface area contributed by atoms with Gasteiger partial charge < -0.3 is 9.47 Å². The Morgan fingerprint density at radius 3 is 2.26 bits per heavy atom. The maximum Gasteiger partial charge on any atom is 0.357 e. The molecule has 4 aromatic rings. The van der Waals surface area contributed by atoms with E-state index in [9.17, 15) is 9.59 Å². The number of esters is 2. The van der Waals surface area contributed by atoms with Crippen molar-refractivity contribution in [1.29, 1.82) is 0 Å². The number of carbonyl (C=O) groups is 2. The third-order valence-electron chi connectivity index (χ3n) is 4.70. The van der Waals surface area contributed by atoms with Gasteiger partial charge in [-0.1, -0.05) is 36.4 Å². The lowest BCUT2D eigenvalue weighted by Crippen LogP contribution is -2.15. The highest BCUT2D eigenvalue weighted by Gasteiger charge is 2.31. The fourth-order valence-corrected chi connectivity index (χ4v) is 4.03. The average Bonchev–Trinajstić information content (AvgIpc) is 3.43. The molecule has 0 aliphatic rings. The molecule has 0 aliphatic carbocycles. The van der Waals surface area contributed by atoms with Crippen LogP contribution in [0.2, 0.25) is 0 Å². The molecule has 0 N–H and O–H groups in total. The molecule has 0 amide bonds. The summed E-state index contributed by atoms with van der Waals surface area (Å²) in [5.41, 5.74) is 3.55. The van der Waals surface area contributed by atoms with Gasteiger partial charge in [0.25, 0.3) is 0 Å². The summed E-state index contributed by atoms with van der Waals surface area (Å²) in [6.45, 7) is 1.93. The first-order chi connectivity index (χ1) is 15.0. The van der Waals surface area contributed by atoms with E-state index >= 15 is 0 Å². The van der Waals surface area contributed by atoms with E-state index in [2.05, 4.69) is 9.47 Å². The Morgan fingerprint density at radius 2 is 1.61 bits per heavy atom. The van der Waals surface area contributed by atoms with Gasteiger partial charge in [-0.2, -0.15) is 9.47 Å². The highest BCUT2D eigenvalue weighted by Crippen LogP contribution is 2.33. The Labute approximate surface area is 183 Å². The third kappa shape index (κ3) is 3.85. The zero-order valence-electron chi connectivity index (χ0n) is 17.2. The highest BCUT2D eigenvalue weighted by molar-refractivity contribution is 7.09. The molecule has 2 aromatic heterocycles. The van der Waals surface area contributed by atoms with Crippen molar-refractivity contribution in [3.05, 3.63) is 77.6 Å². The number of nitrogens with zero attached hydrogens (tertiary/aromatic N) is 3. The fourth-order valence-electron chi connectivity index (χ4n) is 3.28. The summed E-state index contributed by atoms with van der Waals surface area (Å²) < 4.78 is 15.7. The van der Waals surface area contributed by atoms with Crippen LogP contribution in [0.1, 0.15) is 26.5 Å². The van der Waals surface area contributed by atoms with Crippen LogP contribution >= 0.6 is 11.5 Å². The zero-order chi connectivity index (χ0) is 22.0. The van der Waals surface area contributed by atoms with Crippen LogP contribution < -0.4 is 0 Å². The molecular formula is C23H19N3O4S. The van der Waals surface area contributed by atoms with Crippen molar-refractivity contribution in [3.8, 4) is 27.4 Å². The van der Waals surface area contributed by atoms with Crippen LogP contribution in [-0.2, 0) is 9.47 Å². The van der Waals surface area contributed by atoms with Gasteiger partial charge in [-0.25, -0.2) is 14.3 Å². The van der Waals surface area contributed by atoms with E-state index in [0.29, 0.717) is 16.9 Å². The van der Waals surface area contributed by atoms with Crippen LogP contribution in [0.3, 0.4) is 0 Å². The Kier molecular flexibility index (Phi) is 5.64. The molecule has 0 saturated heterocycles. The number of aromatic nitrogens is 3. The Bertz CT molecular complexity index is 1260. The molecule has 156 valence electrons. The van der Waals surface area contributed by atoms with Gasteiger partial charge in [-0.3, -0.25) is 0 Å². The van der Waals surface area contributed by atoms with Crippen molar-refractivity contribution in [2.75, 3.05) is 14.2 Å². The van der Waals surface area contributed by atoms with Crippen LogP contribution in [0.15, 0.2) is 60.7 Å². The lowest BCUT2D eigenvalue weighted by Gasteiger charge is -2.07. The molecule has 2 heterocycles. The number of aryl methyl sites for hydroxylation is 1. The van der Waals surface area contributed by atoms with Crippen LogP contribution in [0, 0.1) is 6.92 Å². The van der Waals surface area contributed by atoms with Gasteiger partial charge in [0.1, 0.15) is 11.3 Å². The lowest BCUT2D eigenvalue weighted by molar-refractivity contribution is 0.0549. The van der Waals surface area contributed by atoms with E-state index in [-0.39, 0.29) is 11.3 Å². The van der Waals surface area contributed by atoms with Crippen molar-refractivity contribution in [3.63, 3.8) is 0 Å². The number of carbonyl (C=O) groups excluding carboxylic acids is 2. The third-order valence-corrected chi connectivity index (χ3v) is 5.63. The fraction of sp³-hybridized carbons (Fsp3) is 0.130. The first-order valence-corrected chi connectivity index (χ1v) is 10.2. The van der Waals surface area contributed by atoms with E-state index in [1.54, 1.807) is 12.1 Å². The molecule has 0 fully saturated rings. The molecule has 7 nitrogen and oxygen atoms in total. The van der Waals surface area contributed by atoms with Crippen molar-refractivity contribution in [2.45, 2.75) is 6.92 Å². The lowest BCUT2D eigenvalue weighted by atomic mass is 10.0. The van der Waals surface area contributed by atoms with Crippen LogP contribution in [0.5, 0.6) is 0 Å². The molecule has 2 aromatic carbocycles. The second-order valence-electron chi connectivity index (χ2n) is 6.72. The molecule has 0 spiro atoms. The summed E-state index contributed by atoms with van der Waals surface area (Å²) >= 11 is 1.39. The smallest absolute Gasteiger partial charge is 0.357 e. The number of hydrogen-bond donors (Lipinski definition) is 0. The van der Waals surface area contributed by atoms with E-state index in [1.807, 2.05) is 55.5 Å². The van der Waals surface area contributed by atoms with Crippen molar-refractivity contribution < 1.29 is 19.1 Å². The van der Waals surface area contributed by atoms with Crippen molar-refractivity contribution in [2.24, 2.45) is 0 Å². The van der Waals surface area contributed by atoms with Gasteiger partial charge in [0.05, 0.1) is 30.5 Å². The molecular weight excluding hydrogens is 414 g/mol. The first kappa shape index (κ1) is 20.5. The molecule has 0 radical (unpaired) electrons. The second-order valence-corrected chi connectivity index (χ2v) is 7.52. The molecule has 8 heteroatoms. The van der Waals surface area contributed by atoms with Crippen LogP contribution in [-0.4, -0.2) is 40.3 Å². The monoisotopic (exact) mass is 433 g/mol. The zero-order valence-corrected chi connectivity index (χ0v) is 18.0.